The van der Waals surface area contributed by atoms with Gasteiger partial charge in [-0.25, -0.2) is 5.48 Å². The molecule has 2 N–H and O–H groups in total. The fourth-order valence-corrected chi connectivity index (χ4v) is 3.80. The van der Waals surface area contributed by atoms with Gasteiger partial charge in [0, 0.05) is 22.1 Å². The molecular formula is C26H38N4O2. The molecule has 0 saturated heterocycles. The van der Waals surface area contributed by atoms with Crippen molar-refractivity contribution in [3.05, 3.63) is 60.7 Å². The van der Waals surface area contributed by atoms with E-state index in [0.717, 1.165) is 22.8 Å². The Labute approximate surface area is 192 Å². The van der Waals surface area contributed by atoms with Crippen molar-refractivity contribution in [3.63, 3.8) is 0 Å². The highest BCUT2D eigenvalue weighted by molar-refractivity contribution is 5.80. The maximum absolute atomic E-state index is 12.2. The van der Waals surface area contributed by atoms with Crippen molar-refractivity contribution in [1.29, 1.82) is 0 Å². The zero-order valence-corrected chi connectivity index (χ0v) is 20.7. The number of hydroxylamine groups is 1. The van der Waals surface area contributed by atoms with Gasteiger partial charge in [0.2, 0.25) is 5.91 Å². The predicted molar refractivity (Wildman–Crippen MR) is 131 cm³/mol. The lowest BCUT2D eigenvalue weighted by atomic mass is 9.79. The molecule has 0 bridgehead atoms. The van der Waals surface area contributed by atoms with E-state index in [1.54, 1.807) is 5.48 Å². The Morgan fingerprint density at radius 2 is 1.19 bits per heavy atom. The number of carbonyl (C=O) groups is 1. The highest BCUT2D eigenvalue weighted by atomic mass is 16.5. The SMILES string of the molecule is CC.CC.CC(C)(CC(C)(C)n1c(-c2ccccc2)nnc1-c1ccccc1)C(=O)NO. The molecule has 0 saturated carbocycles. The summed E-state index contributed by atoms with van der Waals surface area (Å²) in [6.07, 6.45) is 0.476. The standard InChI is InChI=1S/C22H26N4O2.2C2H6/c1-21(2,20(27)25-28)15-22(3,4)26-18(16-11-7-5-8-12-16)23-24-19(26)17-13-9-6-10-14-17;2*1-2/h5-14,28H,15H2,1-4H3,(H,25,27);2*1-2H3. The van der Waals surface area contributed by atoms with Gasteiger partial charge in [0.25, 0.3) is 0 Å². The fourth-order valence-electron chi connectivity index (χ4n) is 3.80. The van der Waals surface area contributed by atoms with Crippen molar-refractivity contribution >= 4 is 5.91 Å². The first-order chi connectivity index (χ1) is 15.3. The molecule has 0 aliphatic rings. The number of rotatable bonds is 6. The van der Waals surface area contributed by atoms with Gasteiger partial charge < -0.3 is 4.57 Å². The third-order valence-corrected chi connectivity index (χ3v) is 4.92. The van der Waals surface area contributed by atoms with Crippen LogP contribution in [0, 0.1) is 5.41 Å². The number of nitrogens with one attached hydrogen (secondary N) is 1. The van der Waals surface area contributed by atoms with Crippen LogP contribution in [0.5, 0.6) is 0 Å². The number of amides is 1. The van der Waals surface area contributed by atoms with E-state index in [0.29, 0.717) is 6.42 Å². The molecule has 1 heterocycles. The number of nitrogens with zero attached hydrogens (tertiary/aromatic N) is 3. The van der Waals surface area contributed by atoms with Crippen molar-refractivity contribution in [1.82, 2.24) is 20.2 Å². The minimum atomic E-state index is -0.787. The maximum atomic E-state index is 12.2. The highest BCUT2D eigenvalue weighted by Crippen LogP contribution is 2.38. The first-order valence-electron chi connectivity index (χ1n) is 11.3. The molecule has 2 aromatic carbocycles. The van der Waals surface area contributed by atoms with E-state index in [1.807, 2.05) is 102 Å². The van der Waals surface area contributed by atoms with Crippen LogP contribution in [-0.4, -0.2) is 25.9 Å². The molecule has 6 heteroatoms. The smallest absolute Gasteiger partial charge is 0.249 e. The summed E-state index contributed by atoms with van der Waals surface area (Å²) < 4.78 is 2.09. The first kappa shape index (κ1) is 27.0. The number of benzene rings is 2. The van der Waals surface area contributed by atoms with Crippen molar-refractivity contribution in [2.24, 2.45) is 5.41 Å². The molecule has 0 radical (unpaired) electrons. The van der Waals surface area contributed by atoms with Gasteiger partial charge in [0.05, 0.1) is 0 Å². The Kier molecular flexibility index (Phi) is 10.3. The van der Waals surface area contributed by atoms with Gasteiger partial charge in [-0.3, -0.25) is 10.0 Å². The van der Waals surface area contributed by atoms with Gasteiger partial charge in [-0.15, -0.1) is 10.2 Å². The Morgan fingerprint density at radius 3 is 1.53 bits per heavy atom. The largest absolute Gasteiger partial charge is 0.301 e. The Hall–Kier alpha value is -2.99. The van der Waals surface area contributed by atoms with Crippen LogP contribution in [-0.2, 0) is 10.3 Å². The van der Waals surface area contributed by atoms with Gasteiger partial charge in [0.1, 0.15) is 0 Å². The molecule has 0 atom stereocenters. The third-order valence-electron chi connectivity index (χ3n) is 4.92. The zero-order valence-electron chi connectivity index (χ0n) is 20.7. The quantitative estimate of drug-likeness (QED) is 0.348. The van der Waals surface area contributed by atoms with Crippen LogP contribution in [0.3, 0.4) is 0 Å². The van der Waals surface area contributed by atoms with Crippen LogP contribution in [0.4, 0.5) is 0 Å². The van der Waals surface area contributed by atoms with E-state index >= 15 is 0 Å². The summed E-state index contributed by atoms with van der Waals surface area (Å²) in [5.41, 5.74) is 2.40. The van der Waals surface area contributed by atoms with E-state index in [-0.39, 0.29) is 0 Å². The zero-order chi connectivity index (χ0) is 24.4. The fraction of sp³-hybridized carbons (Fsp3) is 0.423. The maximum Gasteiger partial charge on any atom is 0.249 e. The molecular weight excluding hydrogens is 400 g/mol. The summed E-state index contributed by atoms with van der Waals surface area (Å²) in [7, 11) is 0. The van der Waals surface area contributed by atoms with E-state index in [9.17, 15) is 4.79 Å². The van der Waals surface area contributed by atoms with Crippen LogP contribution in [0.15, 0.2) is 60.7 Å². The topological polar surface area (TPSA) is 80.0 Å². The molecule has 3 aromatic rings. The molecule has 0 fully saturated rings. The summed E-state index contributed by atoms with van der Waals surface area (Å²) in [4.78, 5) is 12.2. The second-order valence-electron chi connectivity index (χ2n) is 8.23. The molecule has 1 aromatic heterocycles. The summed E-state index contributed by atoms with van der Waals surface area (Å²) in [5, 5.41) is 18.1. The monoisotopic (exact) mass is 438 g/mol. The van der Waals surface area contributed by atoms with Crippen molar-refractivity contribution in [3.8, 4) is 22.8 Å². The highest BCUT2D eigenvalue weighted by Gasteiger charge is 2.38. The molecule has 0 unspecified atom stereocenters. The van der Waals surface area contributed by atoms with Crippen LogP contribution in [0.25, 0.3) is 22.8 Å². The Balaban J connectivity index is 0.00000121. The molecule has 3 rings (SSSR count). The lowest BCUT2D eigenvalue weighted by Gasteiger charge is -2.36. The Morgan fingerprint density at radius 1 is 0.812 bits per heavy atom. The van der Waals surface area contributed by atoms with Crippen molar-refractivity contribution < 1.29 is 10.0 Å². The van der Waals surface area contributed by atoms with E-state index in [1.165, 1.54) is 0 Å². The van der Waals surface area contributed by atoms with Gasteiger partial charge in [-0.2, -0.15) is 0 Å². The van der Waals surface area contributed by atoms with Crippen LogP contribution in [0.2, 0.25) is 0 Å². The minimum absolute atomic E-state index is 0.420. The minimum Gasteiger partial charge on any atom is -0.301 e. The number of aromatic nitrogens is 3. The number of hydrogen-bond donors (Lipinski definition) is 2. The third kappa shape index (κ3) is 6.26. The molecule has 1 amide bonds. The van der Waals surface area contributed by atoms with E-state index < -0.39 is 16.9 Å². The van der Waals surface area contributed by atoms with Crippen LogP contribution in [0.1, 0.15) is 61.8 Å². The lowest BCUT2D eigenvalue weighted by Crippen LogP contribution is -2.42. The summed E-state index contributed by atoms with van der Waals surface area (Å²) in [6.45, 7) is 15.7. The molecule has 0 aliphatic carbocycles. The molecule has 0 aliphatic heterocycles. The second-order valence-corrected chi connectivity index (χ2v) is 8.23. The summed E-state index contributed by atoms with van der Waals surface area (Å²) >= 11 is 0. The number of hydrogen-bond acceptors (Lipinski definition) is 4. The summed E-state index contributed by atoms with van der Waals surface area (Å²) in [5.74, 6) is 1.06. The normalized spacial score (nSPS) is 10.9. The van der Waals surface area contributed by atoms with Crippen molar-refractivity contribution in [2.45, 2.75) is 67.3 Å². The average molecular weight is 439 g/mol. The van der Waals surface area contributed by atoms with Crippen molar-refractivity contribution in [2.75, 3.05) is 0 Å². The second kappa shape index (κ2) is 12.2. The first-order valence-corrected chi connectivity index (χ1v) is 11.3. The molecule has 32 heavy (non-hydrogen) atoms. The molecule has 0 spiro atoms. The molecule has 6 nitrogen and oxygen atoms in total. The average Bonchev–Trinajstić information content (AvgIpc) is 3.28. The Bertz CT molecular complexity index is 891. The van der Waals surface area contributed by atoms with Gasteiger partial charge in [0.15, 0.2) is 11.6 Å². The van der Waals surface area contributed by atoms with Crippen LogP contribution < -0.4 is 5.48 Å². The van der Waals surface area contributed by atoms with Crippen LogP contribution >= 0.6 is 0 Å². The van der Waals surface area contributed by atoms with E-state index in [4.69, 9.17) is 5.21 Å². The molecule has 174 valence electrons. The summed E-state index contributed by atoms with van der Waals surface area (Å²) in [6, 6.07) is 19.8. The van der Waals surface area contributed by atoms with Gasteiger partial charge in [-0.05, 0) is 20.3 Å². The van der Waals surface area contributed by atoms with E-state index in [2.05, 4.69) is 28.6 Å². The van der Waals surface area contributed by atoms with Gasteiger partial charge in [-0.1, -0.05) is 102 Å². The predicted octanol–water partition coefficient (Wildman–Crippen LogP) is 6.32. The number of carbonyl (C=O) groups excluding carboxylic acids is 1. The van der Waals surface area contributed by atoms with Gasteiger partial charge >= 0.3 is 0 Å². The lowest BCUT2D eigenvalue weighted by molar-refractivity contribution is -0.139.